The van der Waals surface area contributed by atoms with Crippen LogP contribution in [0.5, 0.6) is 0 Å². The van der Waals surface area contributed by atoms with Gasteiger partial charge in [0, 0.05) is 18.7 Å². The van der Waals surface area contributed by atoms with Crippen LogP contribution >= 0.6 is 0 Å². The summed E-state index contributed by atoms with van der Waals surface area (Å²) in [6.07, 6.45) is 0. The zero-order chi connectivity index (χ0) is 13.0. The van der Waals surface area contributed by atoms with Gasteiger partial charge in [-0.2, -0.15) is 0 Å². The van der Waals surface area contributed by atoms with Gasteiger partial charge in [-0.25, -0.2) is 0 Å². The molecule has 0 aliphatic heterocycles. The molecule has 0 unspecified atom stereocenters. The van der Waals surface area contributed by atoms with E-state index in [1.807, 2.05) is 33.8 Å². The summed E-state index contributed by atoms with van der Waals surface area (Å²) < 4.78 is 0. The Morgan fingerprint density at radius 1 is 1.06 bits per heavy atom. The van der Waals surface area contributed by atoms with E-state index in [1.165, 1.54) is 4.90 Å². The maximum atomic E-state index is 12.0. The Labute approximate surface area is 102 Å². The molecule has 92 valence electrons. The molecule has 0 N–H and O–H groups in total. The fraction of sp³-hybridized carbons (Fsp3) is 0.429. The molecule has 3 heteroatoms. The van der Waals surface area contributed by atoms with E-state index in [-0.39, 0.29) is 0 Å². The van der Waals surface area contributed by atoms with Gasteiger partial charge in [-0.15, -0.1) is 0 Å². The second-order valence-electron chi connectivity index (χ2n) is 4.11. The predicted molar refractivity (Wildman–Crippen MR) is 68.2 cm³/mol. The molecular weight excluding hydrogens is 214 g/mol. The van der Waals surface area contributed by atoms with Crippen LogP contribution in [0.1, 0.15) is 35.3 Å². The number of hydrogen-bond acceptors (Lipinski definition) is 2. The van der Waals surface area contributed by atoms with E-state index < -0.39 is 11.7 Å². The minimum Gasteiger partial charge on any atom is -0.336 e. The maximum Gasteiger partial charge on any atom is 0.294 e. The number of amides is 1. The van der Waals surface area contributed by atoms with E-state index in [4.69, 9.17) is 0 Å². The summed E-state index contributed by atoms with van der Waals surface area (Å²) in [5.41, 5.74) is 2.63. The number of Topliss-reactive ketones (excluding diaryl/α,β-unsaturated/α-hetero) is 1. The average Bonchev–Trinajstić information content (AvgIpc) is 2.33. The molecule has 0 aliphatic rings. The second kappa shape index (κ2) is 5.62. The van der Waals surface area contributed by atoms with Crippen molar-refractivity contribution in [2.24, 2.45) is 0 Å². The van der Waals surface area contributed by atoms with Gasteiger partial charge in [0.15, 0.2) is 0 Å². The quantitative estimate of drug-likeness (QED) is 0.591. The topological polar surface area (TPSA) is 37.4 Å². The Balaban J connectivity index is 2.96. The van der Waals surface area contributed by atoms with E-state index in [1.54, 1.807) is 12.1 Å². The number of benzene rings is 1. The van der Waals surface area contributed by atoms with E-state index in [9.17, 15) is 9.59 Å². The van der Waals surface area contributed by atoms with Crippen LogP contribution in [0.15, 0.2) is 18.2 Å². The van der Waals surface area contributed by atoms with Crippen molar-refractivity contribution < 1.29 is 9.59 Å². The van der Waals surface area contributed by atoms with Crippen LogP contribution in [0.25, 0.3) is 0 Å². The highest BCUT2D eigenvalue weighted by atomic mass is 16.2. The van der Waals surface area contributed by atoms with Crippen LogP contribution in [0, 0.1) is 13.8 Å². The summed E-state index contributed by atoms with van der Waals surface area (Å²) in [5.74, 6) is -0.838. The lowest BCUT2D eigenvalue weighted by Gasteiger charge is -2.17. The molecule has 0 saturated heterocycles. The van der Waals surface area contributed by atoms with E-state index in [2.05, 4.69) is 0 Å². The van der Waals surface area contributed by atoms with Crippen molar-refractivity contribution in [3.63, 3.8) is 0 Å². The van der Waals surface area contributed by atoms with E-state index in [0.717, 1.165) is 11.1 Å². The Morgan fingerprint density at radius 3 is 2.12 bits per heavy atom. The summed E-state index contributed by atoms with van der Waals surface area (Å²) in [6.45, 7) is 8.78. The molecule has 0 heterocycles. The molecule has 1 aromatic rings. The van der Waals surface area contributed by atoms with E-state index >= 15 is 0 Å². The molecule has 0 bridgehead atoms. The van der Waals surface area contributed by atoms with Crippen LogP contribution in [-0.4, -0.2) is 29.7 Å². The molecule has 1 aromatic carbocycles. The predicted octanol–water partition coefficient (Wildman–Crippen LogP) is 2.35. The molecule has 0 aromatic heterocycles. The first-order valence-electron chi connectivity index (χ1n) is 5.92. The normalized spacial score (nSPS) is 10.1. The SMILES string of the molecule is CCN(CC)C(=O)C(=O)c1ccc(C)c(C)c1. The molecule has 1 rings (SSSR count). The number of carbonyl (C=O) groups excluding carboxylic acids is 2. The number of hydrogen-bond donors (Lipinski definition) is 0. The van der Waals surface area contributed by atoms with Gasteiger partial charge in [0.1, 0.15) is 0 Å². The number of ketones is 1. The average molecular weight is 233 g/mol. The first kappa shape index (κ1) is 13.4. The Bertz CT molecular complexity index is 434. The molecule has 3 nitrogen and oxygen atoms in total. The van der Waals surface area contributed by atoms with Crippen molar-refractivity contribution in [1.29, 1.82) is 0 Å². The lowest BCUT2D eigenvalue weighted by Crippen LogP contribution is -2.36. The first-order valence-corrected chi connectivity index (χ1v) is 5.92. The van der Waals surface area contributed by atoms with Gasteiger partial charge >= 0.3 is 0 Å². The largest absolute Gasteiger partial charge is 0.336 e. The molecule has 0 aliphatic carbocycles. The number of aryl methyl sites for hydroxylation is 2. The van der Waals surface area contributed by atoms with Gasteiger partial charge in [-0.3, -0.25) is 9.59 Å². The van der Waals surface area contributed by atoms with Crippen molar-refractivity contribution in [2.75, 3.05) is 13.1 Å². The lowest BCUT2D eigenvalue weighted by molar-refractivity contribution is -0.126. The van der Waals surface area contributed by atoms with Crippen molar-refractivity contribution >= 4 is 11.7 Å². The third-order valence-corrected chi connectivity index (χ3v) is 3.01. The molecule has 1 amide bonds. The summed E-state index contributed by atoms with van der Waals surface area (Å²) in [4.78, 5) is 25.4. The molecule has 0 fully saturated rings. The van der Waals surface area contributed by atoms with Crippen LogP contribution < -0.4 is 0 Å². The molecule has 0 radical (unpaired) electrons. The van der Waals surface area contributed by atoms with Crippen molar-refractivity contribution in [3.8, 4) is 0 Å². The van der Waals surface area contributed by atoms with Gasteiger partial charge in [0.2, 0.25) is 5.78 Å². The van der Waals surface area contributed by atoms with Crippen LogP contribution in [0.3, 0.4) is 0 Å². The summed E-state index contributed by atoms with van der Waals surface area (Å²) in [5, 5.41) is 0. The van der Waals surface area contributed by atoms with Crippen molar-refractivity contribution in [3.05, 3.63) is 34.9 Å². The number of likely N-dealkylation sites (N-methyl/N-ethyl adjacent to an activating group) is 1. The van der Waals surface area contributed by atoms with Crippen LogP contribution in [-0.2, 0) is 4.79 Å². The lowest BCUT2D eigenvalue weighted by atomic mass is 10.0. The van der Waals surface area contributed by atoms with Gasteiger partial charge < -0.3 is 4.90 Å². The van der Waals surface area contributed by atoms with Crippen molar-refractivity contribution in [1.82, 2.24) is 4.90 Å². The first-order chi connectivity index (χ1) is 8.01. The number of rotatable bonds is 4. The highest BCUT2D eigenvalue weighted by molar-refractivity contribution is 6.42. The van der Waals surface area contributed by atoms with Crippen LogP contribution in [0.2, 0.25) is 0 Å². The minimum atomic E-state index is -0.420. The number of nitrogens with zero attached hydrogens (tertiary/aromatic N) is 1. The summed E-state index contributed by atoms with van der Waals surface area (Å²) >= 11 is 0. The standard InChI is InChI=1S/C14H19NO2/c1-5-15(6-2)14(17)13(16)12-8-7-10(3)11(4)9-12/h7-9H,5-6H2,1-4H3. The minimum absolute atomic E-state index is 0.418. The summed E-state index contributed by atoms with van der Waals surface area (Å²) in [6, 6.07) is 5.36. The zero-order valence-electron chi connectivity index (χ0n) is 10.9. The third-order valence-electron chi connectivity index (χ3n) is 3.01. The monoisotopic (exact) mass is 233 g/mol. The fourth-order valence-electron chi connectivity index (χ4n) is 1.66. The molecule has 0 spiro atoms. The fourth-order valence-corrected chi connectivity index (χ4v) is 1.66. The Hall–Kier alpha value is -1.64. The van der Waals surface area contributed by atoms with Gasteiger partial charge in [-0.05, 0) is 44.9 Å². The molecule has 0 atom stereocenters. The van der Waals surface area contributed by atoms with Gasteiger partial charge in [0.05, 0.1) is 0 Å². The third kappa shape index (κ3) is 2.93. The molecule has 17 heavy (non-hydrogen) atoms. The van der Waals surface area contributed by atoms with Gasteiger partial charge in [-0.1, -0.05) is 12.1 Å². The molecular formula is C14H19NO2. The highest BCUT2D eigenvalue weighted by Gasteiger charge is 2.20. The second-order valence-corrected chi connectivity index (χ2v) is 4.11. The van der Waals surface area contributed by atoms with Crippen LogP contribution in [0.4, 0.5) is 0 Å². The van der Waals surface area contributed by atoms with Crippen molar-refractivity contribution in [2.45, 2.75) is 27.7 Å². The zero-order valence-corrected chi connectivity index (χ0v) is 10.9. The summed E-state index contributed by atoms with van der Waals surface area (Å²) in [7, 11) is 0. The Morgan fingerprint density at radius 2 is 1.65 bits per heavy atom. The maximum absolute atomic E-state index is 12.0. The van der Waals surface area contributed by atoms with Gasteiger partial charge in [0.25, 0.3) is 5.91 Å². The number of carbonyl (C=O) groups is 2. The smallest absolute Gasteiger partial charge is 0.294 e. The highest BCUT2D eigenvalue weighted by Crippen LogP contribution is 2.11. The van der Waals surface area contributed by atoms with E-state index in [0.29, 0.717) is 18.7 Å². The Kier molecular flexibility index (Phi) is 4.44. The molecule has 0 saturated carbocycles.